The van der Waals surface area contributed by atoms with Crippen LogP contribution in [0.1, 0.15) is 34.1 Å². The first-order valence-corrected chi connectivity index (χ1v) is 5.57. The van der Waals surface area contributed by atoms with Crippen molar-refractivity contribution in [3.05, 3.63) is 0 Å². The fourth-order valence-electron chi connectivity index (χ4n) is 1.09. The number of hydrogen-bond acceptors (Lipinski definition) is 4. The van der Waals surface area contributed by atoms with Crippen molar-refractivity contribution in [3.63, 3.8) is 0 Å². The van der Waals surface area contributed by atoms with Gasteiger partial charge >= 0.3 is 6.09 Å². The van der Waals surface area contributed by atoms with Crippen LogP contribution in [0.4, 0.5) is 4.79 Å². The Balaban J connectivity index is 4.34. The van der Waals surface area contributed by atoms with E-state index in [0.717, 1.165) is 0 Å². The second-order valence-electron chi connectivity index (χ2n) is 4.71. The lowest BCUT2D eigenvalue weighted by Crippen LogP contribution is -2.42. The third-order valence-electron chi connectivity index (χ3n) is 1.92. The van der Waals surface area contributed by atoms with Gasteiger partial charge in [-0.25, -0.2) is 4.79 Å². The van der Waals surface area contributed by atoms with Crippen molar-refractivity contribution in [2.75, 3.05) is 19.7 Å². The molecule has 0 aliphatic carbocycles. The van der Waals surface area contributed by atoms with E-state index in [2.05, 4.69) is 0 Å². The van der Waals surface area contributed by atoms with Crippen molar-refractivity contribution < 1.29 is 19.7 Å². The molecule has 0 rings (SSSR count). The van der Waals surface area contributed by atoms with Crippen LogP contribution in [0.2, 0.25) is 0 Å². The number of ether oxygens (including phenoxy) is 1. The van der Waals surface area contributed by atoms with Crippen molar-refractivity contribution in [3.8, 4) is 0 Å². The zero-order valence-electron chi connectivity index (χ0n) is 10.6. The maximum absolute atomic E-state index is 11.7. The van der Waals surface area contributed by atoms with Crippen molar-refractivity contribution in [2.45, 2.75) is 45.8 Å². The molecule has 1 unspecified atom stereocenters. The predicted molar refractivity (Wildman–Crippen MR) is 61.2 cm³/mol. The zero-order valence-corrected chi connectivity index (χ0v) is 10.6. The lowest BCUT2D eigenvalue weighted by molar-refractivity contribution is 0.0108. The monoisotopic (exact) mass is 233 g/mol. The molecule has 2 N–H and O–H groups in total. The lowest BCUT2D eigenvalue weighted by Gasteiger charge is -2.28. The average Bonchev–Trinajstić information content (AvgIpc) is 2.14. The van der Waals surface area contributed by atoms with Gasteiger partial charge in [0.05, 0.1) is 12.7 Å². The highest BCUT2D eigenvalue weighted by Crippen LogP contribution is 2.10. The Morgan fingerprint density at radius 3 is 2.38 bits per heavy atom. The SMILES string of the molecule is CCC(O)CN(CCO)C(=O)OC(C)(C)C. The van der Waals surface area contributed by atoms with Gasteiger partial charge in [0.25, 0.3) is 0 Å². The Kier molecular flexibility index (Phi) is 6.36. The van der Waals surface area contributed by atoms with Crippen LogP contribution in [0.25, 0.3) is 0 Å². The van der Waals surface area contributed by atoms with Gasteiger partial charge < -0.3 is 19.8 Å². The van der Waals surface area contributed by atoms with Crippen molar-refractivity contribution in [1.29, 1.82) is 0 Å². The molecule has 0 heterocycles. The number of carbonyl (C=O) groups is 1. The van der Waals surface area contributed by atoms with Crippen LogP contribution in [0.3, 0.4) is 0 Å². The Labute approximate surface area is 97.0 Å². The van der Waals surface area contributed by atoms with Gasteiger partial charge in [-0.2, -0.15) is 0 Å². The molecule has 0 saturated heterocycles. The molecule has 0 aromatic rings. The maximum atomic E-state index is 11.7. The summed E-state index contributed by atoms with van der Waals surface area (Å²) in [6, 6.07) is 0. The largest absolute Gasteiger partial charge is 0.444 e. The Bertz CT molecular complexity index is 213. The quantitative estimate of drug-likeness (QED) is 0.743. The van der Waals surface area contributed by atoms with E-state index < -0.39 is 17.8 Å². The highest BCUT2D eigenvalue weighted by atomic mass is 16.6. The molecule has 0 spiro atoms. The van der Waals surface area contributed by atoms with Crippen molar-refractivity contribution in [1.82, 2.24) is 4.90 Å². The molecular weight excluding hydrogens is 210 g/mol. The van der Waals surface area contributed by atoms with E-state index in [1.165, 1.54) is 4.90 Å². The van der Waals surface area contributed by atoms with Gasteiger partial charge in [0.2, 0.25) is 0 Å². The smallest absolute Gasteiger partial charge is 0.410 e. The fourth-order valence-corrected chi connectivity index (χ4v) is 1.09. The number of aliphatic hydroxyl groups excluding tert-OH is 2. The topological polar surface area (TPSA) is 70.0 Å². The lowest BCUT2D eigenvalue weighted by atomic mass is 10.2. The molecule has 0 fully saturated rings. The Morgan fingerprint density at radius 1 is 1.44 bits per heavy atom. The summed E-state index contributed by atoms with van der Waals surface area (Å²) in [5.74, 6) is 0. The number of amides is 1. The molecule has 16 heavy (non-hydrogen) atoms. The third kappa shape index (κ3) is 6.63. The molecule has 0 aromatic heterocycles. The van der Waals surface area contributed by atoms with Crippen molar-refractivity contribution in [2.24, 2.45) is 0 Å². The van der Waals surface area contributed by atoms with Gasteiger partial charge in [-0.05, 0) is 27.2 Å². The molecule has 0 aromatic carbocycles. The molecule has 1 atom stereocenters. The number of hydrogen-bond donors (Lipinski definition) is 2. The van der Waals surface area contributed by atoms with Gasteiger partial charge in [-0.3, -0.25) is 0 Å². The summed E-state index contributed by atoms with van der Waals surface area (Å²) in [5, 5.41) is 18.3. The predicted octanol–water partition coefficient (Wildman–Crippen LogP) is 0.987. The number of nitrogens with zero attached hydrogens (tertiary/aromatic N) is 1. The minimum absolute atomic E-state index is 0.143. The van der Waals surface area contributed by atoms with Crippen LogP contribution in [0, 0.1) is 0 Å². The summed E-state index contributed by atoms with van der Waals surface area (Å²) in [4.78, 5) is 13.0. The van der Waals surface area contributed by atoms with E-state index in [1.54, 1.807) is 20.8 Å². The number of rotatable bonds is 5. The van der Waals surface area contributed by atoms with E-state index in [4.69, 9.17) is 9.84 Å². The van der Waals surface area contributed by atoms with Crippen LogP contribution in [0.15, 0.2) is 0 Å². The number of aliphatic hydroxyl groups is 2. The second-order valence-corrected chi connectivity index (χ2v) is 4.71. The first-order valence-electron chi connectivity index (χ1n) is 5.57. The van der Waals surface area contributed by atoms with Crippen LogP contribution in [0.5, 0.6) is 0 Å². The number of carbonyl (C=O) groups excluding carboxylic acids is 1. The first kappa shape index (κ1) is 15.2. The van der Waals surface area contributed by atoms with E-state index in [9.17, 15) is 9.90 Å². The molecule has 5 nitrogen and oxygen atoms in total. The van der Waals surface area contributed by atoms with Gasteiger partial charge in [-0.15, -0.1) is 0 Å². The molecule has 1 amide bonds. The molecule has 0 bridgehead atoms. The summed E-state index contributed by atoms with van der Waals surface area (Å²) in [6.07, 6.45) is -0.529. The van der Waals surface area contributed by atoms with E-state index in [1.807, 2.05) is 6.92 Å². The molecule has 96 valence electrons. The summed E-state index contributed by atoms with van der Waals surface area (Å²) < 4.78 is 5.16. The summed E-state index contributed by atoms with van der Waals surface area (Å²) in [6.45, 7) is 7.37. The van der Waals surface area contributed by atoms with Crippen LogP contribution >= 0.6 is 0 Å². The van der Waals surface area contributed by atoms with Gasteiger partial charge in [0.1, 0.15) is 5.60 Å². The normalized spacial score (nSPS) is 13.4. The Morgan fingerprint density at radius 2 is 2.00 bits per heavy atom. The minimum atomic E-state index is -0.584. The van der Waals surface area contributed by atoms with E-state index in [-0.39, 0.29) is 19.7 Å². The van der Waals surface area contributed by atoms with E-state index in [0.29, 0.717) is 6.42 Å². The van der Waals surface area contributed by atoms with Gasteiger partial charge in [0, 0.05) is 13.1 Å². The van der Waals surface area contributed by atoms with Crippen LogP contribution in [-0.2, 0) is 4.74 Å². The molecule has 0 aliphatic heterocycles. The minimum Gasteiger partial charge on any atom is -0.444 e. The average molecular weight is 233 g/mol. The zero-order chi connectivity index (χ0) is 12.8. The maximum Gasteiger partial charge on any atom is 0.410 e. The first-order chi connectivity index (χ1) is 7.30. The summed E-state index contributed by atoms with van der Waals surface area (Å²) in [5.41, 5.74) is -0.568. The van der Waals surface area contributed by atoms with Crippen LogP contribution in [-0.4, -0.2) is 52.6 Å². The van der Waals surface area contributed by atoms with E-state index >= 15 is 0 Å². The third-order valence-corrected chi connectivity index (χ3v) is 1.92. The van der Waals surface area contributed by atoms with Gasteiger partial charge in [0.15, 0.2) is 0 Å². The molecule has 5 heteroatoms. The highest BCUT2D eigenvalue weighted by molar-refractivity contribution is 5.68. The van der Waals surface area contributed by atoms with Crippen molar-refractivity contribution >= 4 is 6.09 Å². The summed E-state index contributed by atoms with van der Waals surface area (Å²) >= 11 is 0. The Hall–Kier alpha value is -0.810. The van der Waals surface area contributed by atoms with Crippen LogP contribution < -0.4 is 0 Å². The summed E-state index contributed by atoms with van der Waals surface area (Å²) in [7, 11) is 0. The van der Waals surface area contributed by atoms with Gasteiger partial charge in [-0.1, -0.05) is 6.92 Å². The second kappa shape index (κ2) is 6.70. The molecule has 0 saturated carbocycles. The standard InChI is InChI=1S/C11H23NO4/c1-5-9(14)8-12(6-7-13)10(15)16-11(2,3)4/h9,13-14H,5-8H2,1-4H3. The highest BCUT2D eigenvalue weighted by Gasteiger charge is 2.23. The molecular formula is C11H23NO4. The fraction of sp³-hybridized carbons (Fsp3) is 0.909. The molecule has 0 aliphatic rings. The molecule has 0 radical (unpaired) electrons.